The molecule has 2 N–H and O–H groups in total. The van der Waals surface area contributed by atoms with E-state index in [1.54, 1.807) is 25.7 Å². The molecule has 2 aromatic carbocycles. The minimum atomic E-state index is -1.52. The Hall–Kier alpha value is -4.55. The quantitative estimate of drug-likeness (QED) is 0.445. The third kappa shape index (κ3) is 4.85. The molecule has 1 amide bonds. The number of aromatic carboxylic acids is 1. The zero-order chi connectivity index (χ0) is 29.9. The fourth-order valence-corrected chi connectivity index (χ4v) is 5.42. The Kier molecular flexibility index (Phi) is 6.71. The number of halogens is 3. The Bertz CT molecular complexity index is 1670. The average Bonchev–Trinajstić information content (AvgIpc) is 3.21. The van der Waals surface area contributed by atoms with E-state index >= 15 is 8.78 Å². The molecule has 0 unspecified atom stereocenters. The first-order valence-corrected chi connectivity index (χ1v) is 12.6. The van der Waals surface area contributed by atoms with Crippen LogP contribution in [0.1, 0.15) is 31.1 Å². The first-order valence-electron chi connectivity index (χ1n) is 12.6. The minimum absolute atomic E-state index is 0.0305. The number of carbonyl (C=O) groups is 2. The number of H-pyrrole nitrogens is 1. The number of oxime groups is 1. The lowest BCUT2D eigenvalue weighted by Crippen LogP contribution is -2.63. The zero-order valence-electron chi connectivity index (χ0n) is 22.7. The number of anilines is 1. The normalized spacial score (nSPS) is 17.3. The van der Waals surface area contributed by atoms with Gasteiger partial charge in [-0.25, -0.2) is 22.8 Å². The summed E-state index contributed by atoms with van der Waals surface area (Å²) in [7, 11) is 1.36. The topological polar surface area (TPSA) is 125 Å². The highest BCUT2D eigenvalue weighted by Crippen LogP contribution is 2.46. The van der Waals surface area contributed by atoms with Crippen molar-refractivity contribution in [3.8, 4) is 11.1 Å². The van der Waals surface area contributed by atoms with Crippen LogP contribution in [0.4, 0.5) is 23.7 Å². The molecule has 1 aromatic heterocycles. The van der Waals surface area contributed by atoms with Gasteiger partial charge < -0.3 is 29.5 Å². The van der Waals surface area contributed by atoms with E-state index in [1.807, 2.05) is 0 Å². The molecule has 0 radical (unpaired) electrons. The number of amides is 1. The molecule has 2 saturated heterocycles. The second-order valence-corrected chi connectivity index (χ2v) is 11.2. The van der Waals surface area contributed by atoms with Crippen LogP contribution >= 0.6 is 0 Å². The van der Waals surface area contributed by atoms with Gasteiger partial charge in [0.05, 0.1) is 34.3 Å². The molecule has 3 heterocycles. The number of rotatable bonds is 4. The molecule has 216 valence electrons. The number of ether oxygens (including phenoxy) is 1. The number of carboxylic acid groups (broad SMARTS) is 1. The largest absolute Gasteiger partial charge is 0.477 e. The van der Waals surface area contributed by atoms with Crippen LogP contribution in [0, 0.1) is 22.9 Å². The molecule has 0 atom stereocenters. The van der Waals surface area contributed by atoms with Gasteiger partial charge in [0, 0.05) is 43.0 Å². The van der Waals surface area contributed by atoms with Crippen molar-refractivity contribution >= 4 is 34.4 Å². The number of nitrogens with zero attached hydrogens (tertiary/aromatic N) is 3. The van der Waals surface area contributed by atoms with Crippen LogP contribution in [0.3, 0.4) is 0 Å². The summed E-state index contributed by atoms with van der Waals surface area (Å²) in [4.78, 5) is 47.9. The molecule has 13 heteroatoms. The molecule has 1 spiro atoms. The Morgan fingerprint density at radius 2 is 1.80 bits per heavy atom. The summed E-state index contributed by atoms with van der Waals surface area (Å²) in [5.74, 6) is -4.32. The maximum atomic E-state index is 16.0. The fraction of sp³-hybridized carbons (Fsp3) is 0.357. The number of likely N-dealkylation sites (tertiary alicyclic amines) is 1. The third-order valence-corrected chi connectivity index (χ3v) is 7.14. The number of fused-ring (bicyclic) bond motifs is 1. The second-order valence-electron chi connectivity index (χ2n) is 11.2. The number of carbonyl (C=O) groups excluding carboxylic acids is 1. The summed E-state index contributed by atoms with van der Waals surface area (Å²) in [6.45, 7) is 5.83. The van der Waals surface area contributed by atoms with E-state index in [9.17, 15) is 23.9 Å². The molecule has 2 aliphatic heterocycles. The molecule has 3 aromatic rings. The Morgan fingerprint density at radius 1 is 1.10 bits per heavy atom. The van der Waals surface area contributed by atoms with E-state index in [0.717, 1.165) is 24.4 Å². The Labute approximate surface area is 231 Å². The van der Waals surface area contributed by atoms with Gasteiger partial charge in [-0.3, -0.25) is 4.79 Å². The van der Waals surface area contributed by atoms with E-state index < -0.39 is 51.5 Å². The number of pyridine rings is 1. The van der Waals surface area contributed by atoms with Gasteiger partial charge in [-0.2, -0.15) is 0 Å². The summed E-state index contributed by atoms with van der Waals surface area (Å²) >= 11 is 0. The van der Waals surface area contributed by atoms with Gasteiger partial charge in [0.25, 0.3) is 0 Å². The molecule has 2 aliphatic rings. The third-order valence-electron chi connectivity index (χ3n) is 7.14. The molecule has 5 rings (SSSR count). The van der Waals surface area contributed by atoms with E-state index in [4.69, 9.17) is 9.57 Å². The second kappa shape index (κ2) is 9.82. The first kappa shape index (κ1) is 28.0. The number of aromatic nitrogens is 1. The standard InChI is InChI=1S/C28H27F3N4O6/c1-27(2,3)41-26(39)35-12-28(13-35)11-34(10-20(28)33-40-4)23-19(31)8-16-22(32-9-17(24(16)36)25(37)38)21(23)15-6-5-14(29)7-18(15)30/h5-9H,10-13H2,1-4H3,(H,32,36)(H,37,38). The van der Waals surface area contributed by atoms with Gasteiger partial charge >= 0.3 is 12.1 Å². The monoisotopic (exact) mass is 572 g/mol. The van der Waals surface area contributed by atoms with E-state index in [2.05, 4.69) is 10.1 Å². The van der Waals surface area contributed by atoms with Crippen LogP contribution < -0.4 is 10.3 Å². The number of benzene rings is 2. The number of hydrogen-bond donors (Lipinski definition) is 2. The van der Waals surface area contributed by atoms with Gasteiger partial charge in [0.1, 0.15) is 35.7 Å². The van der Waals surface area contributed by atoms with Gasteiger partial charge in [-0.1, -0.05) is 5.16 Å². The highest BCUT2D eigenvalue weighted by molar-refractivity contribution is 6.06. The van der Waals surface area contributed by atoms with Crippen molar-refractivity contribution in [1.82, 2.24) is 9.88 Å². The van der Waals surface area contributed by atoms with Gasteiger partial charge in [0.15, 0.2) is 0 Å². The SMILES string of the molecule is CON=C1CN(c2c(F)cc3c(=O)c(C(=O)O)c[nH]c3c2-c2ccc(F)cc2F)CC12CN(C(=O)OC(C)(C)C)C2. The van der Waals surface area contributed by atoms with Crippen LogP contribution in [0.2, 0.25) is 0 Å². The molecular formula is C28H27F3N4O6. The predicted molar refractivity (Wildman–Crippen MR) is 144 cm³/mol. The summed E-state index contributed by atoms with van der Waals surface area (Å²) < 4.78 is 50.5. The number of aromatic amines is 1. The van der Waals surface area contributed by atoms with Crippen LogP contribution in [0.15, 0.2) is 40.4 Å². The highest BCUT2D eigenvalue weighted by Gasteiger charge is 2.56. The zero-order valence-corrected chi connectivity index (χ0v) is 22.7. The average molecular weight is 573 g/mol. The van der Waals surface area contributed by atoms with Crippen molar-refractivity contribution in [2.45, 2.75) is 26.4 Å². The van der Waals surface area contributed by atoms with Crippen molar-refractivity contribution in [3.63, 3.8) is 0 Å². The lowest BCUT2D eigenvalue weighted by molar-refractivity contribution is -0.0102. The summed E-state index contributed by atoms with van der Waals surface area (Å²) in [5.41, 5.74) is -2.95. The Morgan fingerprint density at radius 3 is 2.41 bits per heavy atom. The van der Waals surface area contributed by atoms with E-state index in [-0.39, 0.29) is 53.9 Å². The molecule has 0 saturated carbocycles. The Balaban J connectivity index is 1.65. The van der Waals surface area contributed by atoms with Gasteiger partial charge in [0.2, 0.25) is 5.43 Å². The van der Waals surface area contributed by atoms with E-state index in [1.165, 1.54) is 12.0 Å². The fourth-order valence-electron chi connectivity index (χ4n) is 5.42. The molecular weight excluding hydrogens is 545 g/mol. The van der Waals surface area contributed by atoms with Crippen LogP contribution in [0.5, 0.6) is 0 Å². The van der Waals surface area contributed by atoms with Gasteiger partial charge in [-0.15, -0.1) is 0 Å². The molecule has 0 bridgehead atoms. The number of nitrogens with one attached hydrogen (secondary N) is 1. The van der Waals surface area contributed by atoms with Crippen LogP contribution in [-0.4, -0.2) is 71.7 Å². The minimum Gasteiger partial charge on any atom is -0.477 e. The van der Waals surface area contributed by atoms with Crippen molar-refractivity contribution < 1.29 is 37.4 Å². The van der Waals surface area contributed by atoms with Crippen molar-refractivity contribution in [1.29, 1.82) is 0 Å². The maximum Gasteiger partial charge on any atom is 0.410 e. The van der Waals surface area contributed by atoms with E-state index in [0.29, 0.717) is 11.8 Å². The number of carboxylic acids is 1. The van der Waals surface area contributed by atoms with Crippen LogP contribution in [0.25, 0.3) is 22.0 Å². The predicted octanol–water partition coefficient (Wildman–Crippen LogP) is 4.37. The molecule has 2 fully saturated rings. The first-order chi connectivity index (χ1) is 19.2. The molecule has 10 nitrogen and oxygen atoms in total. The van der Waals surface area contributed by atoms with Crippen LogP contribution in [-0.2, 0) is 9.57 Å². The van der Waals surface area contributed by atoms with Crippen molar-refractivity contribution in [2.24, 2.45) is 10.6 Å². The lowest BCUT2D eigenvalue weighted by atomic mass is 9.78. The summed E-state index contributed by atoms with van der Waals surface area (Å²) in [6, 6.07) is 3.65. The number of hydrogen-bond acceptors (Lipinski definition) is 7. The molecule has 0 aliphatic carbocycles. The van der Waals surface area contributed by atoms with Gasteiger partial charge in [-0.05, 0) is 39.0 Å². The smallest absolute Gasteiger partial charge is 0.410 e. The molecule has 41 heavy (non-hydrogen) atoms. The highest BCUT2D eigenvalue weighted by atomic mass is 19.1. The van der Waals surface area contributed by atoms with Crippen molar-refractivity contribution in [3.05, 3.63) is 63.7 Å². The summed E-state index contributed by atoms with van der Waals surface area (Å²) in [6.07, 6.45) is 0.434. The van der Waals surface area contributed by atoms with Crippen molar-refractivity contribution in [2.75, 3.05) is 38.2 Å². The maximum absolute atomic E-state index is 16.0. The summed E-state index contributed by atoms with van der Waals surface area (Å²) in [5, 5.41) is 13.2. The lowest BCUT2D eigenvalue weighted by Gasteiger charge is -2.47.